The van der Waals surface area contributed by atoms with Gasteiger partial charge in [-0.15, -0.1) is 0 Å². The Morgan fingerprint density at radius 1 is 1.03 bits per heavy atom. The zero-order chi connectivity index (χ0) is 20.7. The molecule has 0 saturated carbocycles. The van der Waals surface area contributed by atoms with Gasteiger partial charge >= 0.3 is 8.25 Å². The van der Waals surface area contributed by atoms with Crippen LogP contribution in [0.25, 0.3) is 10.9 Å². The smallest absolute Gasteiger partial charge is 0.316 e. The van der Waals surface area contributed by atoms with Crippen molar-refractivity contribution in [2.75, 3.05) is 19.8 Å². The summed E-state index contributed by atoms with van der Waals surface area (Å²) in [6.45, 7) is 4.68. The largest absolute Gasteiger partial charge is 0.491 e. The molecule has 162 valence electrons. The van der Waals surface area contributed by atoms with Crippen LogP contribution in [0.2, 0.25) is 0 Å². The fourth-order valence-electron chi connectivity index (χ4n) is 3.30. The highest BCUT2D eigenvalue weighted by Crippen LogP contribution is 2.27. The number of hydrogen-bond acceptors (Lipinski definition) is 5. The maximum absolute atomic E-state index is 10.5. The number of pyridine rings is 1. The summed E-state index contributed by atoms with van der Waals surface area (Å²) in [6.07, 6.45) is 11.4. The molecule has 7 heteroatoms. The van der Waals surface area contributed by atoms with Crippen molar-refractivity contribution in [2.24, 2.45) is 0 Å². The molecule has 0 aliphatic heterocycles. The number of benzene rings is 1. The highest BCUT2D eigenvalue weighted by atomic mass is 31.1. The molecule has 0 amide bonds. The lowest BCUT2D eigenvalue weighted by molar-refractivity contribution is 0.276. The van der Waals surface area contributed by atoms with Crippen LogP contribution in [0, 0.1) is 0 Å². The van der Waals surface area contributed by atoms with E-state index < -0.39 is 8.25 Å². The Labute approximate surface area is 175 Å². The van der Waals surface area contributed by atoms with Gasteiger partial charge in [0.2, 0.25) is 0 Å². The maximum Gasteiger partial charge on any atom is 0.316 e. The minimum absolute atomic E-state index is 0.287. The van der Waals surface area contributed by atoms with E-state index in [2.05, 4.69) is 29.4 Å². The summed E-state index contributed by atoms with van der Waals surface area (Å²) < 4.78 is 21.2. The molecular formula is C22H35N2O4P. The van der Waals surface area contributed by atoms with Gasteiger partial charge < -0.3 is 19.5 Å². The molecule has 2 aromatic rings. The number of fused-ring (bicyclic) bond motifs is 1. The number of nitrogens with one attached hydrogen (secondary N) is 1. The van der Waals surface area contributed by atoms with Gasteiger partial charge in [-0.3, -0.25) is 9.55 Å². The van der Waals surface area contributed by atoms with Gasteiger partial charge in [0.25, 0.3) is 0 Å². The van der Waals surface area contributed by atoms with Crippen LogP contribution in [0.4, 0.5) is 0 Å². The van der Waals surface area contributed by atoms with Crippen LogP contribution in [0.5, 0.6) is 5.75 Å². The summed E-state index contributed by atoms with van der Waals surface area (Å²) in [7, 11) is -2.82. The van der Waals surface area contributed by atoms with E-state index in [-0.39, 0.29) is 6.61 Å². The summed E-state index contributed by atoms with van der Waals surface area (Å²) in [5.74, 6) is 0.844. The van der Waals surface area contributed by atoms with Gasteiger partial charge in [0.15, 0.2) is 0 Å². The van der Waals surface area contributed by atoms with Crippen LogP contribution < -0.4 is 10.1 Å². The third-order valence-electron chi connectivity index (χ3n) is 4.87. The molecule has 0 aliphatic carbocycles. The van der Waals surface area contributed by atoms with Gasteiger partial charge in [-0.2, -0.15) is 0 Å². The lowest BCUT2D eigenvalue weighted by Gasteiger charge is -2.12. The summed E-state index contributed by atoms with van der Waals surface area (Å²) in [4.78, 5) is 13.2. The maximum atomic E-state index is 10.5. The average molecular weight is 423 g/mol. The normalized spacial score (nSPS) is 12.3. The Morgan fingerprint density at radius 3 is 2.62 bits per heavy atom. The molecule has 0 radical (unpaired) electrons. The summed E-state index contributed by atoms with van der Waals surface area (Å²) in [5, 5.41) is 4.44. The van der Waals surface area contributed by atoms with Crippen molar-refractivity contribution in [3.8, 4) is 5.75 Å². The monoisotopic (exact) mass is 422 g/mol. The number of rotatable bonds is 16. The van der Waals surface area contributed by atoms with E-state index in [4.69, 9.17) is 14.2 Å². The lowest BCUT2D eigenvalue weighted by Crippen LogP contribution is -2.16. The van der Waals surface area contributed by atoms with E-state index >= 15 is 0 Å². The van der Waals surface area contributed by atoms with Gasteiger partial charge in [-0.1, -0.05) is 57.6 Å². The third kappa shape index (κ3) is 9.26. The average Bonchev–Trinajstić information content (AvgIpc) is 2.73. The van der Waals surface area contributed by atoms with E-state index in [1.165, 1.54) is 38.5 Å². The molecule has 1 atom stereocenters. The predicted molar refractivity (Wildman–Crippen MR) is 119 cm³/mol. The van der Waals surface area contributed by atoms with E-state index in [1.807, 2.05) is 12.1 Å². The van der Waals surface area contributed by atoms with Gasteiger partial charge in [0.05, 0.1) is 13.2 Å². The quantitative estimate of drug-likeness (QED) is 0.284. The van der Waals surface area contributed by atoms with E-state index in [0.717, 1.165) is 35.2 Å². The second-order valence-corrected chi connectivity index (χ2v) is 8.06. The Balaban J connectivity index is 1.79. The minimum atomic E-state index is -2.82. The molecule has 2 rings (SSSR count). The SMILES string of the molecule is CCCCCCCCCOc1ccc(CNCCCO[PH](=O)O)c2cccnc12. The fourth-order valence-corrected chi connectivity index (χ4v) is 3.62. The fraction of sp³-hybridized carbons (Fsp3) is 0.591. The van der Waals surface area contributed by atoms with Gasteiger partial charge in [0, 0.05) is 18.1 Å². The zero-order valence-corrected chi connectivity index (χ0v) is 18.5. The van der Waals surface area contributed by atoms with Crippen molar-refractivity contribution in [1.29, 1.82) is 0 Å². The number of aromatic nitrogens is 1. The first-order valence-corrected chi connectivity index (χ1v) is 12.0. The van der Waals surface area contributed by atoms with Gasteiger partial charge in [-0.25, -0.2) is 0 Å². The molecule has 1 unspecified atom stereocenters. The molecule has 0 aliphatic rings. The number of ether oxygens (including phenoxy) is 1. The Hall–Kier alpha value is -1.46. The number of nitrogens with zero attached hydrogens (tertiary/aromatic N) is 1. The van der Waals surface area contributed by atoms with Crippen LogP contribution in [-0.2, 0) is 15.6 Å². The van der Waals surface area contributed by atoms with Crippen molar-refractivity contribution in [3.05, 3.63) is 36.0 Å². The van der Waals surface area contributed by atoms with Crippen molar-refractivity contribution in [1.82, 2.24) is 10.3 Å². The van der Waals surface area contributed by atoms with E-state index in [0.29, 0.717) is 19.5 Å². The number of hydrogen-bond donors (Lipinski definition) is 2. The lowest BCUT2D eigenvalue weighted by atomic mass is 10.1. The number of unbranched alkanes of at least 4 members (excludes halogenated alkanes) is 6. The molecule has 1 aromatic carbocycles. The molecule has 2 N–H and O–H groups in total. The molecule has 0 fully saturated rings. The molecular weight excluding hydrogens is 387 g/mol. The molecule has 0 saturated heterocycles. The van der Waals surface area contributed by atoms with Crippen molar-refractivity contribution in [3.63, 3.8) is 0 Å². The van der Waals surface area contributed by atoms with Gasteiger partial charge in [0.1, 0.15) is 11.3 Å². The highest BCUT2D eigenvalue weighted by Gasteiger charge is 2.08. The summed E-state index contributed by atoms with van der Waals surface area (Å²) >= 11 is 0. The molecule has 0 spiro atoms. The second-order valence-electron chi connectivity index (χ2n) is 7.24. The molecule has 1 heterocycles. The minimum Gasteiger partial charge on any atom is -0.491 e. The Kier molecular flexibility index (Phi) is 11.9. The second kappa shape index (κ2) is 14.5. The van der Waals surface area contributed by atoms with Crippen molar-refractivity contribution >= 4 is 19.2 Å². The topological polar surface area (TPSA) is 80.7 Å². The standard InChI is InChI=1S/C22H35N2O4P/c1-2-3-4-5-6-7-8-16-27-21-13-12-19(20-11-9-15-24-22(20)21)18-23-14-10-17-28-29(25)26/h9,11-13,15,23,29H,2-8,10,14,16-18H2,1H3,(H,25,26). The zero-order valence-electron chi connectivity index (χ0n) is 17.5. The van der Waals surface area contributed by atoms with Crippen molar-refractivity contribution < 1.29 is 18.7 Å². The first kappa shape index (κ1) is 23.8. The van der Waals surface area contributed by atoms with Crippen LogP contribution >= 0.6 is 8.25 Å². The molecule has 29 heavy (non-hydrogen) atoms. The molecule has 6 nitrogen and oxygen atoms in total. The predicted octanol–water partition coefficient (Wildman–Crippen LogP) is 5.24. The van der Waals surface area contributed by atoms with Crippen LogP contribution in [0.1, 0.15) is 63.9 Å². The van der Waals surface area contributed by atoms with Gasteiger partial charge in [-0.05, 0) is 37.1 Å². The summed E-state index contributed by atoms with van der Waals surface area (Å²) in [6, 6.07) is 8.11. The van der Waals surface area contributed by atoms with E-state index in [1.54, 1.807) is 6.20 Å². The Bertz CT molecular complexity index is 742. The Morgan fingerprint density at radius 2 is 1.83 bits per heavy atom. The first-order valence-electron chi connectivity index (χ1n) is 10.8. The van der Waals surface area contributed by atoms with Crippen LogP contribution in [-0.4, -0.2) is 29.6 Å². The van der Waals surface area contributed by atoms with Crippen LogP contribution in [0.3, 0.4) is 0 Å². The molecule has 1 aromatic heterocycles. The summed E-state index contributed by atoms with van der Waals surface area (Å²) in [5.41, 5.74) is 2.06. The van der Waals surface area contributed by atoms with Crippen LogP contribution in [0.15, 0.2) is 30.5 Å². The highest BCUT2D eigenvalue weighted by molar-refractivity contribution is 7.32. The van der Waals surface area contributed by atoms with E-state index in [9.17, 15) is 4.57 Å². The first-order chi connectivity index (χ1) is 14.2. The van der Waals surface area contributed by atoms with Crippen molar-refractivity contribution in [2.45, 2.75) is 64.8 Å². The third-order valence-corrected chi connectivity index (χ3v) is 5.32. The molecule has 0 bridgehead atoms.